The third kappa shape index (κ3) is 4.08. The lowest BCUT2D eigenvalue weighted by molar-refractivity contribution is -0.120. The molecule has 0 unspecified atom stereocenters. The second-order valence-corrected chi connectivity index (χ2v) is 7.59. The molecule has 162 valence electrons. The Morgan fingerprint density at radius 2 is 1.70 bits per heavy atom. The van der Waals surface area contributed by atoms with Crippen LogP contribution in [0, 0.1) is 11.6 Å². The van der Waals surface area contributed by atoms with Gasteiger partial charge in [0.05, 0.1) is 11.4 Å². The van der Waals surface area contributed by atoms with Gasteiger partial charge in [0, 0.05) is 29.8 Å². The highest BCUT2D eigenvalue weighted by Gasteiger charge is 2.35. The van der Waals surface area contributed by atoms with Crippen LogP contribution in [0.3, 0.4) is 0 Å². The number of fused-ring (bicyclic) bond motifs is 1. The quantitative estimate of drug-likeness (QED) is 0.583. The number of phenolic OH excluding ortho intramolecular Hbond substituents is 1. The number of aliphatic imine (C=N–C) groups is 2. The molecule has 0 fully saturated rings. The number of amides is 1. The number of hydrogen-bond donors (Lipinski definition) is 1. The molecule has 0 aliphatic carbocycles. The smallest absolute Gasteiger partial charge is 0.282 e. The maximum atomic E-state index is 14.2. The topological polar surface area (TPSA) is 65.3 Å². The zero-order valence-electron chi connectivity index (χ0n) is 17.2. The van der Waals surface area contributed by atoms with Crippen LogP contribution < -0.4 is 0 Å². The normalized spacial score (nSPS) is 16.4. The van der Waals surface area contributed by atoms with E-state index in [0.29, 0.717) is 29.2 Å². The van der Waals surface area contributed by atoms with Crippen molar-refractivity contribution in [2.75, 3.05) is 0 Å². The van der Waals surface area contributed by atoms with Crippen LogP contribution in [-0.2, 0) is 11.2 Å². The monoisotopic (exact) mass is 441 g/mol. The van der Waals surface area contributed by atoms with Crippen LogP contribution in [0.25, 0.3) is 11.8 Å². The Hall–Kier alpha value is -4.39. The van der Waals surface area contributed by atoms with Gasteiger partial charge in [-0.05, 0) is 48.0 Å². The standard InChI is InChI=1S/C26H17F2N3O2/c27-19-9-6-18(21(28)14-19)13-23-26(33)31-15-24(17-7-10-20(32)11-8-17)29-22(25(31)30-23)12-16-4-2-1-3-5-16/h1-11,13-15,32H,12H2/b23-13-. The molecular weight excluding hydrogens is 424 g/mol. The predicted octanol–water partition coefficient (Wildman–Crippen LogP) is 4.95. The van der Waals surface area contributed by atoms with Gasteiger partial charge in [0.1, 0.15) is 23.1 Å². The summed E-state index contributed by atoms with van der Waals surface area (Å²) >= 11 is 0. The van der Waals surface area contributed by atoms with Crippen molar-refractivity contribution >= 4 is 29.2 Å². The van der Waals surface area contributed by atoms with Crippen LogP contribution in [0.4, 0.5) is 8.78 Å². The summed E-state index contributed by atoms with van der Waals surface area (Å²) in [4.78, 5) is 23.7. The summed E-state index contributed by atoms with van der Waals surface area (Å²) < 4.78 is 27.4. The predicted molar refractivity (Wildman–Crippen MR) is 122 cm³/mol. The Morgan fingerprint density at radius 1 is 0.939 bits per heavy atom. The van der Waals surface area contributed by atoms with E-state index >= 15 is 0 Å². The lowest BCUT2D eigenvalue weighted by Gasteiger charge is -2.22. The van der Waals surface area contributed by atoms with E-state index in [1.54, 1.807) is 30.5 Å². The Balaban J connectivity index is 1.58. The van der Waals surface area contributed by atoms with Crippen LogP contribution in [-0.4, -0.2) is 27.5 Å². The molecule has 7 heteroatoms. The van der Waals surface area contributed by atoms with Crippen molar-refractivity contribution < 1.29 is 18.7 Å². The van der Waals surface area contributed by atoms with Crippen molar-refractivity contribution in [2.45, 2.75) is 6.42 Å². The molecule has 3 aromatic rings. The molecule has 5 nitrogen and oxygen atoms in total. The molecule has 3 aromatic carbocycles. The van der Waals surface area contributed by atoms with Gasteiger partial charge in [-0.15, -0.1) is 0 Å². The van der Waals surface area contributed by atoms with E-state index in [4.69, 9.17) is 4.99 Å². The number of carbonyl (C=O) groups is 1. The second-order valence-electron chi connectivity index (χ2n) is 7.59. The molecule has 0 saturated heterocycles. The van der Waals surface area contributed by atoms with Crippen molar-refractivity contribution in [1.82, 2.24) is 4.90 Å². The second kappa shape index (κ2) is 8.27. The summed E-state index contributed by atoms with van der Waals surface area (Å²) in [6, 6.07) is 19.3. The minimum Gasteiger partial charge on any atom is -0.508 e. The van der Waals surface area contributed by atoms with Gasteiger partial charge in [0.15, 0.2) is 5.84 Å². The minimum atomic E-state index is -0.779. The molecule has 2 aliphatic heterocycles. The van der Waals surface area contributed by atoms with Gasteiger partial charge in [-0.3, -0.25) is 9.69 Å². The molecule has 5 rings (SSSR count). The van der Waals surface area contributed by atoms with Gasteiger partial charge in [0.25, 0.3) is 5.91 Å². The maximum Gasteiger partial charge on any atom is 0.282 e. The third-order valence-corrected chi connectivity index (χ3v) is 5.29. The fourth-order valence-electron chi connectivity index (χ4n) is 3.64. The summed E-state index contributed by atoms with van der Waals surface area (Å²) in [6.45, 7) is 0. The molecule has 0 spiro atoms. The summed E-state index contributed by atoms with van der Waals surface area (Å²) in [6.07, 6.45) is 3.30. The van der Waals surface area contributed by atoms with Crippen molar-refractivity contribution in [2.24, 2.45) is 9.98 Å². The highest BCUT2D eigenvalue weighted by atomic mass is 19.1. The Labute approximate surface area is 188 Å². The molecule has 2 heterocycles. The number of phenols is 1. The number of carbonyl (C=O) groups excluding carboxylic acids is 1. The summed E-state index contributed by atoms with van der Waals surface area (Å²) in [5.41, 5.74) is 2.89. The number of halogens is 2. The molecule has 0 aromatic heterocycles. The summed E-state index contributed by atoms with van der Waals surface area (Å²) in [5, 5.41) is 9.61. The van der Waals surface area contributed by atoms with Crippen LogP contribution in [0.5, 0.6) is 5.75 Å². The van der Waals surface area contributed by atoms with Gasteiger partial charge in [0.2, 0.25) is 0 Å². The summed E-state index contributed by atoms with van der Waals surface area (Å²) in [5.74, 6) is -1.44. The fraction of sp³-hybridized carbons (Fsp3) is 0.0385. The molecule has 1 N–H and O–H groups in total. The Morgan fingerprint density at radius 3 is 2.42 bits per heavy atom. The molecule has 0 atom stereocenters. The van der Waals surface area contributed by atoms with Crippen LogP contribution in [0.2, 0.25) is 0 Å². The lowest BCUT2D eigenvalue weighted by atomic mass is 10.0. The van der Waals surface area contributed by atoms with E-state index in [-0.39, 0.29) is 17.0 Å². The van der Waals surface area contributed by atoms with E-state index in [1.807, 2.05) is 30.3 Å². The summed E-state index contributed by atoms with van der Waals surface area (Å²) in [7, 11) is 0. The SMILES string of the molecule is O=C1/C(=C/c2ccc(F)cc2F)N=C2C(Cc3ccccc3)=NC(c3ccc(O)cc3)=CN12. The number of aromatic hydroxyl groups is 1. The van der Waals surface area contributed by atoms with Crippen molar-refractivity contribution in [3.8, 4) is 5.75 Å². The van der Waals surface area contributed by atoms with E-state index in [0.717, 1.165) is 17.7 Å². The van der Waals surface area contributed by atoms with Gasteiger partial charge < -0.3 is 5.11 Å². The average molecular weight is 441 g/mol. The molecule has 0 bridgehead atoms. The molecule has 33 heavy (non-hydrogen) atoms. The Bertz CT molecular complexity index is 1370. The maximum absolute atomic E-state index is 14.2. The highest BCUT2D eigenvalue weighted by Crippen LogP contribution is 2.29. The zero-order valence-corrected chi connectivity index (χ0v) is 17.2. The van der Waals surface area contributed by atoms with Crippen molar-refractivity contribution in [1.29, 1.82) is 0 Å². The third-order valence-electron chi connectivity index (χ3n) is 5.29. The lowest BCUT2D eigenvalue weighted by Crippen LogP contribution is -2.36. The fourth-order valence-corrected chi connectivity index (χ4v) is 3.64. The van der Waals surface area contributed by atoms with Crippen LogP contribution in [0.15, 0.2) is 94.7 Å². The van der Waals surface area contributed by atoms with Crippen LogP contribution >= 0.6 is 0 Å². The van der Waals surface area contributed by atoms with E-state index in [9.17, 15) is 18.7 Å². The van der Waals surface area contributed by atoms with Crippen molar-refractivity contribution in [3.05, 3.63) is 113 Å². The first-order valence-corrected chi connectivity index (χ1v) is 10.2. The number of amidine groups is 1. The van der Waals surface area contributed by atoms with Crippen molar-refractivity contribution in [3.63, 3.8) is 0 Å². The molecular formula is C26H17F2N3O2. The van der Waals surface area contributed by atoms with Gasteiger partial charge in [-0.1, -0.05) is 30.3 Å². The number of benzene rings is 3. The molecule has 0 radical (unpaired) electrons. The first-order chi connectivity index (χ1) is 16.0. The molecule has 1 amide bonds. The number of rotatable bonds is 4. The van der Waals surface area contributed by atoms with Gasteiger partial charge in [-0.25, -0.2) is 18.8 Å². The van der Waals surface area contributed by atoms with Crippen LogP contribution in [0.1, 0.15) is 16.7 Å². The molecule has 2 aliphatic rings. The first kappa shape index (κ1) is 20.5. The van der Waals surface area contributed by atoms with E-state index in [2.05, 4.69) is 4.99 Å². The Kier molecular flexibility index (Phi) is 5.14. The highest BCUT2D eigenvalue weighted by molar-refractivity contribution is 6.48. The van der Waals surface area contributed by atoms with E-state index < -0.39 is 17.5 Å². The number of hydrogen-bond acceptors (Lipinski definition) is 4. The average Bonchev–Trinajstić information content (AvgIpc) is 3.12. The van der Waals surface area contributed by atoms with Gasteiger partial charge in [-0.2, -0.15) is 0 Å². The largest absolute Gasteiger partial charge is 0.508 e. The van der Waals surface area contributed by atoms with E-state index in [1.165, 1.54) is 17.0 Å². The molecule has 0 saturated carbocycles. The van der Waals surface area contributed by atoms with Gasteiger partial charge >= 0.3 is 0 Å². The zero-order chi connectivity index (χ0) is 22.9. The number of nitrogens with zero attached hydrogens (tertiary/aromatic N) is 3. The minimum absolute atomic E-state index is 0.0273. The first-order valence-electron chi connectivity index (χ1n) is 10.2.